The van der Waals surface area contributed by atoms with Crippen LogP contribution in [0.5, 0.6) is 0 Å². The molecule has 0 aliphatic rings. The molecule has 3 aromatic carbocycles. The molecule has 0 atom stereocenters. The lowest BCUT2D eigenvalue weighted by Crippen LogP contribution is -1.93. The van der Waals surface area contributed by atoms with Gasteiger partial charge in [0.05, 0.1) is 12.8 Å². The molecule has 5 aromatic rings. The van der Waals surface area contributed by atoms with Crippen LogP contribution >= 0.6 is 0 Å². The number of benzene rings is 3. The fourth-order valence-electron chi connectivity index (χ4n) is 3.85. The predicted molar refractivity (Wildman–Crippen MR) is 133 cm³/mol. The second kappa shape index (κ2) is 8.97. The van der Waals surface area contributed by atoms with Crippen molar-refractivity contribution in [3.63, 3.8) is 0 Å². The lowest BCUT2D eigenvalue weighted by atomic mass is 10.0. The van der Waals surface area contributed by atoms with Gasteiger partial charge in [-0.25, -0.2) is 9.78 Å². The summed E-state index contributed by atoms with van der Waals surface area (Å²) < 4.78 is 6.76. The SMILES string of the molecule is COC(=O)C=Cc1ccc(-c2cc(-c3ccccc3)c3nc(-c4ccccc4)cn3c2)cc1. The van der Waals surface area contributed by atoms with Crippen molar-refractivity contribution in [3.05, 3.63) is 115 Å². The van der Waals surface area contributed by atoms with E-state index in [1.807, 2.05) is 48.5 Å². The highest BCUT2D eigenvalue weighted by molar-refractivity contribution is 5.87. The number of hydrogen-bond donors (Lipinski definition) is 0. The van der Waals surface area contributed by atoms with Crippen LogP contribution in [0.3, 0.4) is 0 Å². The van der Waals surface area contributed by atoms with Gasteiger partial charge in [0.25, 0.3) is 0 Å². The summed E-state index contributed by atoms with van der Waals surface area (Å²) in [6.07, 6.45) is 7.36. The Hall–Kier alpha value is -4.44. The van der Waals surface area contributed by atoms with Gasteiger partial charge in [-0.15, -0.1) is 0 Å². The summed E-state index contributed by atoms with van der Waals surface area (Å²) >= 11 is 0. The number of hydrogen-bond acceptors (Lipinski definition) is 3. The molecule has 0 aliphatic heterocycles. The smallest absolute Gasteiger partial charge is 0.330 e. The molecule has 160 valence electrons. The number of aromatic nitrogens is 2. The third-order valence-corrected chi connectivity index (χ3v) is 5.56. The van der Waals surface area contributed by atoms with Crippen molar-refractivity contribution in [1.29, 1.82) is 0 Å². The van der Waals surface area contributed by atoms with E-state index in [0.717, 1.165) is 44.7 Å². The molecule has 33 heavy (non-hydrogen) atoms. The second-order valence-electron chi connectivity index (χ2n) is 7.71. The van der Waals surface area contributed by atoms with Crippen LogP contribution in [0.4, 0.5) is 0 Å². The largest absolute Gasteiger partial charge is 0.466 e. The monoisotopic (exact) mass is 430 g/mol. The molecular formula is C29H22N2O2. The number of esters is 1. The van der Waals surface area contributed by atoms with E-state index in [4.69, 9.17) is 4.98 Å². The Balaban J connectivity index is 1.61. The number of carbonyl (C=O) groups excluding carboxylic acids is 1. The van der Waals surface area contributed by atoms with Gasteiger partial charge in [0, 0.05) is 29.6 Å². The maximum atomic E-state index is 11.4. The number of fused-ring (bicyclic) bond motifs is 1. The van der Waals surface area contributed by atoms with E-state index in [0.29, 0.717) is 0 Å². The van der Waals surface area contributed by atoms with Gasteiger partial charge in [-0.3, -0.25) is 0 Å². The highest BCUT2D eigenvalue weighted by Gasteiger charge is 2.12. The van der Waals surface area contributed by atoms with Crippen molar-refractivity contribution < 1.29 is 9.53 Å². The van der Waals surface area contributed by atoms with E-state index in [9.17, 15) is 4.79 Å². The molecule has 2 heterocycles. The maximum absolute atomic E-state index is 11.4. The summed E-state index contributed by atoms with van der Waals surface area (Å²) in [5.41, 5.74) is 8.24. The van der Waals surface area contributed by atoms with Crippen molar-refractivity contribution in [2.24, 2.45) is 0 Å². The van der Waals surface area contributed by atoms with Crippen LogP contribution in [0.2, 0.25) is 0 Å². The molecule has 0 saturated heterocycles. The molecule has 0 unspecified atom stereocenters. The van der Waals surface area contributed by atoms with E-state index in [-0.39, 0.29) is 5.97 Å². The minimum atomic E-state index is -0.369. The number of imidazole rings is 1. The molecule has 0 aliphatic carbocycles. The van der Waals surface area contributed by atoms with Gasteiger partial charge in [-0.05, 0) is 34.4 Å². The van der Waals surface area contributed by atoms with Crippen LogP contribution in [0, 0.1) is 0 Å². The second-order valence-corrected chi connectivity index (χ2v) is 7.71. The lowest BCUT2D eigenvalue weighted by molar-refractivity contribution is -0.134. The van der Waals surface area contributed by atoms with Crippen LogP contribution in [-0.2, 0) is 9.53 Å². The number of rotatable bonds is 5. The van der Waals surface area contributed by atoms with Gasteiger partial charge in [0.15, 0.2) is 0 Å². The van der Waals surface area contributed by atoms with Crippen LogP contribution in [0.1, 0.15) is 5.56 Å². The number of pyridine rings is 1. The van der Waals surface area contributed by atoms with Crippen molar-refractivity contribution in [2.75, 3.05) is 7.11 Å². The lowest BCUT2D eigenvalue weighted by Gasteiger charge is -2.09. The molecule has 0 N–H and O–H groups in total. The molecule has 4 nitrogen and oxygen atoms in total. The van der Waals surface area contributed by atoms with Crippen molar-refractivity contribution in [2.45, 2.75) is 0 Å². The Labute approximate surface area is 192 Å². The zero-order valence-corrected chi connectivity index (χ0v) is 18.2. The van der Waals surface area contributed by atoms with Gasteiger partial charge >= 0.3 is 5.97 Å². The summed E-state index contributed by atoms with van der Waals surface area (Å²) in [7, 11) is 1.37. The zero-order valence-electron chi connectivity index (χ0n) is 18.2. The predicted octanol–water partition coefficient (Wildman–Crippen LogP) is 6.52. The molecule has 2 aromatic heterocycles. The fraction of sp³-hybridized carbons (Fsp3) is 0.0345. The number of nitrogens with zero attached hydrogens (tertiary/aromatic N) is 2. The fourth-order valence-corrected chi connectivity index (χ4v) is 3.85. The first kappa shape index (κ1) is 20.5. The van der Waals surface area contributed by atoms with Gasteiger partial charge in [-0.1, -0.05) is 84.9 Å². The molecule has 0 saturated carbocycles. The van der Waals surface area contributed by atoms with Crippen LogP contribution in [-0.4, -0.2) is 22.5 Å². The van der Waals surface area contributed by atoms with Crippen LogP contribution in [0.25, 0.3) is 45.2 Å². The number of methoxy groups -OCH3 is 1. The first-order valence-corrected chi connectivity index (χ1v) is 10.7. The Morgan fingerprint density at radius 1 is 0.788 bits per heavy atom. The third kappa shape index (κ3) is 4.32. The molecule has 4 heteroatoms. The Morgan fingerprint density at radius 3 is 2.12 bits per heavy atom. The summed E-state index contributed by atoms with van der Waals surface area (Å²) in [6.45, 7) is 0. The van der Waals surface area contributed by atoms with Gasteiger partial charge < -0.3 is 9.14 Å². The number of carbonyl (C=O) groups is 1. The number of ether oxygens (including phenoxy) is 1. The first-order valence-electron chi connectivity index (χ1n) is 10.7. The summed E-state index contributed by atoms with van der Waals surface area (Å²) in [4.78, 5) is 16.3. The average molecular weight is 431 g/mol. The Morgan fingerprint density at radius 2 is 1.45 bits per heavy atom. The highest BCUT2D eigenvalue weighted by Crippen LogP contribution is 2.32. The average Bonchev–Trinajstić information content (AvgIpc) is 3.32. The van der Waals surface area contributed by atoms with E-state index >= 15 is 0 Å². The van der Waals surface area contributed by atoms with Crippen molar-refractivity contribution in [3.8, 4) is 33.5 Å². The molecule has 0 amide bonds. The van der Waals surface area contributed by atoms with E-state index in [2.05, 4.69) is 64.0 Å². The normalized spacial score (nSPS) is 11.2. The molecule has 0 spiro atoms. The minimum absolute atomic E-state index is 0.369. The molecule has 0 fully saturated rings. The van der Waals surface area contributed by atoms with E-state index in [1.54, 1.807) is 6.08 Å². The van der Waals surface area contributed by atoms with E-state index in [1.165, 1.54) is 13.2 Å². The van der Waals surface area contributed by atoms with Crippen molar-refractivity contribution in [1.82, 2.24) is 9.38 Å². The van der Waals surface area contributed by atoms with Gasteiger partial charge in [0.2, 0.25) is 0 Å². The first-order chi connectivity index (χ1) is 16.2. The highest BCUT2D eigenvalue weighted by atomic mass is 16.5. The topological polar surface area (TPSA) is 43.6 Å². The standard InChI is InChI=1S/C29H22N2O2/c1-33-28(32)17-14-21-12-15-22(16-13-21)25-18-26(23-8-4-2-5-9-23)29-30-27(20-31(29)19-25)24-10-6-3-7-11-24/h2-20H,1H3. The summed E-state index contributed by atoms with van der Waals surface area (Å²) in [5.74, 6) is -0.369. The Bertz CT molecular complexity index is 1430. The maximum Gasteiger partial charge on any atom is 0.330 e. The summed E-state index contributed by atoms with van der Waals surface area (Å²) in [6, 6.07) is 30.8. The minimum Gasteiger partial charge on any atom is -0.466 e. The third-order valence-electron chi connectivity index (χ3n) is 5.56. The molecule has 0 radical (unpaired) electrons. The quantitative estimate of drug-likeness (QED) is 0.235. The van der Waals surface area contributed by atoms with Crippen LogP contribution in [0.15, 0.2) is 109 Å². The van der Waals surface area contributed by atoms with Crippen LogP contribution < -0.4 is 0 Å². The zero-order chi connectivity index (χ0) is 22.6. The summed E-state index contributed by atoms with van der Waals surface area (Å²) in [5, 5.41) is 0. The van der Waals surface area contributed by atoms with E-state index < -0.39 is 0 Å². The molecular weight excluding hydrogens is 408 g/mol. The molecule has 0 bridgehead atoms. The molecule has 5 rings (SSSR count). The van der Waals surface area contributed by atoms with Gasteiger partial charge in [0.1, 0.15) is 5.65 Å². The van der Waals surface area contributed by atoms with Crippen molar-refractivity contribution >= 4 is 17.7 Å². The van der Waals surface area contributed by atoms with Gasteiger partial charge in [-0.2, -0.15) is 0 Å². The Kier molecular flexibility index (Phi) is 5.56.